The van der Waals surface area contributed by atoms with Gasteiger partial charge in [0.15, 0.2) is 0 Å². The van der Waals surface area contributed by atoms with Gasteiger partial charge in [-0.25, -0.2) is 0 Å². The van der Waals surface area contributed by atoms with E-state index in [2.05, 4.69) is 0 Å². The summed E-state index contributed by atoms with van der Waals surface area (Å²) in [5, 5.41) is 0. The third-order valence-electron chi connectivity index (χ3n) is 2.32. The zero-order valence-electron chi connectivity index (χ0n) is 10.1. The molecule has 0 saturated carbocycles. The van der Waals surface area contributed by atoms with E-state index in [1.807, 2.05) is 37.3 Å². The summed E-state index contributed by atoms with van der Waals surface area (Å²) >= 11 is 0. The predicted octanol–water partition coefficient (Wildman–Crippen LogP) is 2.53. The van der Waals surface area contributed by atoms with E-state index >= 15 is 0 Å². The number of hydrogen-bond donors (Lipinski definition) is 0. The Labute approximate surface area is 102 Å². The molecule has 17 heavy (non-hydrogen) atoms. The van der Waals surface area contributed by atoms with Crippen LogP contribution in [0.5, 0.6) is 0 Å². The minimum absolute atomic E-state index is 0.0737. The summed E-state index contributed by atoms with van der Waals surface area (Å²) < 4.78 is 4.90. The molecule has 0 amide bonds. The van der Waals surface area contributed by atoms with Crippen LogP contribution in [0, 0.1) is 0 Å². The van der Waals surface area contributed by atoms with Gasteiger partial charge in [0.25, 0.3) is 0 Å². The third kappa shape index (κ3) is 5.85. The Bertz CT molecular complexity index is 357. The van der Waals surface area contributed by atoms with Crippen LogP contribution in [0.2, 0.25) is 0 Å². The van der Waals surface area contributed by atoms with Crippen molar-refractivity contribution in [1.82, 2.24) is 0 Å². The number of esters is 1. The van der Waals surface area contributed by atoms with Gasteiger partial charge in [-0.3, -0.25) is 9.59 Å². The van der Waals surface area contributed by atoms with Gasteiger partial charge in [0.05, 0.1) is 13.0 Å². The average Bonchev–Trinajstić information content (AvgIpc) is 2.35. The van der Waals surface area contributed by atoms with Crippen molar-refractivity contribution in [3.63, 3.8) is 0 Å². The average molecular weight is 234 g/mol. The number of carbonyl (C=O) groups is 2. The molecule has 0 aliphatic heterocycles. The van der Waals surface area contributed by atoms with Crippen molar-refractivity contribution in [3.8, 4) is 0 Å². The molecule has 0 radical (unpaired) electrons. The number of carbonyl (C=O) groups excluding carboxylic acids is 2. The molecule has 0 aliphatic carbocycles. The largest absolute Gasteiger partial charge is 0.466 e. The maximum absolute atomic E-state index is 11.6. The lowest BCUT2D eigenvalue weighted by molar-refractivity contribution is -0.144. The molecule has 0 fully saturated rings. The van der Waals surface area contributed by atoms with E-state index in [0.29, 0.717) is 13.0 Å². The highest BCUT2D eigenvalue weighted by molar-refractivity contribution is 5.84. The molecule has 0 aliphatic rings. The molecule has 1 aromatic rings. The smallest absolute Gasteiger partial charge is 0.306 e. The molecule has 0 heterocycles. The maximum atomic E-state index is 11.6. The van der Waals surface area contributed by atoms with Crippen molar-refractivity contribution in [3.05, 3.63) is 35.9 Å². The standard InChI is InChI=1S/C14H18O3/c1-2-10-17-14(16)9-8-13(15)11-12-6-4-3-5-7-12/h3-7H,2,8-11H2,1H3. The first kappa shape index (κ1) is 13.4. The van der Waals surface area contributed by atoms with Crippen molar-refractivity contribution in [2.45, 2.75) is 32.6 Å². The monoisotopic (exact) mass is 234 g/mol. The molecule has 92 valence electrons. The van der Waals surface area contributed by atoms with Crippen LogP contribution in [0.25, 0.3) is 0 Å². The molecule has 0 aromatic heterocycles. The van der Waals surface area contributed by atoms with E-state index in [1.54, 1.807) is 0 Å². The molecule has 0 atom stereocenters. The minimum Gasteiger partial charge on any atom is -0.466 e. The Morgan fingerprint density at radius 2 is 1.82 bits per heavy atom. The number of benzene rings is 1. The molecule has 0 bridgehead atoms. The Kier molecular flexibility index (Phi) is 6.00. The first-order valence-electron chi connectivity index (χ1n) is 5.93. The van der Waals surface area contributed by atoms with Gasteiger partial charge in [-0.1, -0.05) is 37.3 Å². The fourth-order valence-electron chi connectivity index (χ4n) is 1.44. The summed E-state index contributed by atoms with van der Waals surface area (Å²) in [7, 11) is 0. The molecule has 1 rings (SSSR count). The van der Waals surface area contributed by atoms with Gasteiger partial charge < -0.3 is 4.74 Å². The van der Waals surface area contributed by atoms with E-state index < -0.39 is 0 Å². The van der Waals surface area contributed by atoms with Gasteiger partial charge in [0.1, 0.15) is 5.78 Å². The zero-order chi connectivity index (χ0) is 12.5. The summed E-state index contributed by atoms with van der Waals surface area (Å²) in [5.41, 5.74) is 0.986. The molecule has 3 heteroatoms. The van der Waals surface area contributed by atoms with Gasteiger partial charge in [-0.2, -0.15) is 0 Å². The Hall–Kier alpha value is -1.64. The van der Waals surface area contributed by atoms with E-state index in [1.165, 1.54) is 0 Å². The normalized spacial score (nSPS) is 9.94. The second-order valence-electron chi connectivity index (χ2n) is 3.92. The van der Waals surface area contributed by atoms with Crippen LogP contribution in [0.1, 0.15) is 31.7 Å². The Balaban J connectivity index is 2.24. The number of rotatable bonds is 7. The molecular weight excluding hydrogens is 216 g/mol. The highest BCUT2D eigenvalue weighted by atomic mass is 16.5. The van der Waals surface area contributed by atoms with Crippen LogP contribution in [0.4, 0.5) is 0 Å². The molecule has 0 spiro atoms. The topological polar surface area (TPSA) is 43.4 Å². The van der Waals surface area contributed by atoms with Gasteiger partial charge >= 0.3 is 5.97 Å². The fourth-order valence-corrected chi connectivity index (χ4v) is 1.44. The second kappa shape index (κ2) is 7.60. The summed E-state index contributed by atoms with van der Waals surface area (Å²) in [6, 6.07) is 9.53. The molecule has 0 saturated heterocycles. The lowest BCUT2D eigenvalue weighted by atomic mass is 10.1. The lowest BCUT2D eigenvalue weighted by Gasteiger charge is -2.03. The number of hydrogen-bond acceptors (Lipinski definition) is 3. The molecule has 0 N–H and O–H groups in total. The van der Waals surface area contributed by atoms with Crippen LogP contribution in [0.3, 0.4) is 0 Å². The Morgan fingerprint density at radius 1 is 1.12 bits per heavy atom. The van der Waals surface area contributed by atoms with Gasteiger partial charge in [0, 0.05) is 12.8 Å². The lowest BCUT2D eigenvalue weighted by Crippen LogP contribution is -2.09. The van der Waals surface area contributed by atoms with E-state index in [9.17, 15) is 9.59 Å². The van der Waals surface area contributed by atoms with Gasteiger partial charge in [0.2, 0.25) is 0 Å². The first-order chi connectivity index (χ1) is 8.22. The van der Waals surface area contributed by atoms with Crippen LogP contribution >= 0.6 is 0 Å². The number of ketones is 1. The second-order valence-corrected chi connectivity index (χ2v) is 3.92. The quantitative estimate of drug-likeness (QED) is 0.681. The number of ether oxygens (including phenoxy) is 1. The van der Waals surface area contributed by atoms with Crippen molar-refractivity contribution in [2.75, 3.05) is 6.61 Å². The van der Waals surface area contributed by atoms with Crippen molar-refractivity contribution in [2.24, 2.45) is 0 Å². The molecule has 1 aromatic carbocycles. The summed E-state index contributed by atoms with van der Waals surface area (Å²) in [6.07, 6.45) is 1.65. The van der Waals surface area contributed by atoms with Gasteiger partial charge in [-0.05, 0) is 12.0 Å². The van der Waals surface area contributed by atoms with Crippen LogP contribution in [-0.4, -0.2) is 18.4 Å². The van der Waals surface area contributed by atoms with Crippen molar-refractivity contribution in [1.29, 1.82) is 0 Å². The summed E-state index contributed by atoms with van der Waals surface area (Å²) in [5.74, 6) is -0.210. The SMILES string of the molecule is CCCOC(=O)CCC(=O)Cc1ccccc1. The molecular formula is C14H18O3. The predicted molar refractivity (Wildman–Crippen MR) is 65.6 cm³/mol. The van der Waals surface area contributed by atoms with Crippen LogP contribution < -0.4 is 0 Å². The highest BCUT2D eigenvalue weighted by Crippen LogP contribution is 2.04. The van der Waals surface area contributed by atoms with Crippen LogP contribution in [0.15, 0.2) is 30.3 Å². The number of Topliss-reactive ketones (excluding diaryl/α,β-unsaturated/α-hetero) is 1. The zero-order valence-corrected chi connectivity index (χ0v) is 10.1. The maximum Gasteiger partial charge on any atom is 0.306 e. The first-order valence-corrected chi connectivity index (χ1v) is 5.93. The van der Waals surface area contributed by atoms with Crippen molar-refractivity contribution >= 4 is 11.8 Å². The Morgan fingerprint density at radius 3 is 2.47 bits per heavy atom. The van der Waals surface area contributed by atoms with Crippen molar-refractivity contribution < 1.29 is 14.3 Å². The van der Waals surface area contributed by atoms with Crippen LogP contribution in [-0.2, 0) is 20.7 Å². The van der Waals surface area contributed by atoms with E-state index in [0.717, 1.165) is 12.0 Å². The fraction of sp³-hybridized carbons (Fsp3) is 0.429. The third-order valence-corrected chi connectivity index (χ3v) is 2.32. The molecule has 0 unspecified atom stereocenters. The summed E-state index contributed by atoms with van der Waals surface area (Å²) in [4.78, 5) is 22.8. The van der Waals surface area contributed by atoms with E-state index in [4.69, 9.17) is 4.74 Å². The van der Waals surface area contributed by atoms with Gasteiger partial charge in [-0.15, -0.1) is 0 Å². The molecule has 3 nitrogen and oxygen atoms in total. The summed E-state index contributed by atoms with van der Waals surface area (Å²) in [6.45, 7) is 2.37. The van der Waals surface area contributed by atoms with E-state index in [-0.39, 0.29) is 24.6 Å². The minimum atomic E-state index is -0.284. The highest BCUT2D eigenvalue weighted by Gasteiger charge is 2.08.